The molecular formula is C18H13NO4S. The monoisotopic (exact) mass is 339 g/mol. The number of amides is 2. The minimum absolute atomic E-state index is 0.0832. The second kappa shape index (κ2) is 6.33. The Morgan fingerprint density at radius 2 is 1.88 bits per heavy atom. The average molecular weight is 339 g/mol. The molecule has 0 spiro atoms. The third-order valence-electron chi connectivity index (χ3n) is 3.53. The molecule has 24 heavy (non-hydrogen) atoms. The molecule has 2 aromatic rings. The van der Waals surface area contributed by atoms with Crippen LogP contribution in [0.5, 0.6) is 0 Å². The summed E-state index contributed by atoms with van der Waals surface area (Å²) in [7, 11) is 0. The van der Waals surface area contributed by atoms with Crippen LogP contribution in [-0.2, 0) is 4.79 Å². The Balaban J connectivity index is 1.99. The molecular weight excluding hydrogens is 326 g/mol. The van der Waals surface area contributed by atoms with Crippen molar-refractivity contribution in [3.05, 3.63) is 70.1 Å². The van der Waals surface area contributed by atoms with E-state index in [1.165, 1.54) is 12.1 Å². The van der Waals surface area contributed by atoms with Crippen LogP contribution in [0.3, 0.4) is 0 Å². The fourth-order valence-electron chi connectivity index (χ4n) is 2.42. The van der Waals surface area contributed by atoms with E-state index in [1.54, 1.807) is 36.4 Å². The van der Waals surface area contributed by atoms with E-state index in [9.17, 15) is 19.5 Å². The van der Waals surface area contributed by atoms with Crippen LogP contribution in [0.15, 0.2) is 53.4 Å². The Bertz CT molecular complexity index is 888. The van der Waals surface area contributed by atoms with Crippen LogP contribution in [0.4, 0.5) is 10.5 Å². The lowest BCUT2D eigenvalue weighted by Gasteiger charge is -2.12. The van der Waals surface area contributed by atoms with Gasteiger partial charge in [-0.1, -0.05) is 30.3 Å². The highest BCUT2D eigenvalue weighted by atomic mass is 32.2. The Morgan fingerprint density at radius 1 is 1.12 bits per heavy atom. The summed E-state index contributed by atoms with van der Waals surface area (Å²) >= 11 is 0.803. The SMILES string of the molecule is Cc1cccc(N2C(=O)S/C(=C/c3ccccc3C(=O)O)C2=O)c1. The number of carbonyl (C=O) groups excluding carboxylic acids is 2. The van der Waals surface area contributed by atoms with Gasteiger partial charge in [0.15, 0.2) is 0 Å². The van der Waals surface area contributed by atoms with Gasteiger partial charge in [0.1, 0.15) is 0 Å². The number of thioether (sulfide) groups is 1. The van der Waals surface area contributed by atoms with E-state index >= 15 is 0 Å². The molecule has 1 fully saturated rings. The highest BCUT2D eigenvalue weighted by Crippen LogP contribution is 2.36. The zero-order valence-electron chi connectivity index (χ0n) is 12.7. The second-order valence-corrected chi connectivity index (χ2v) is 6.24. The number of hydrogen-bond acceptors (Lipinski definition) is 4. The minimum Gasteiger partial charge on any atom is -0.478 e. The molecule has 0 radical (unpaired) electrons. The van der Waals surface area contributed by atoms with Crippen LogP contribution in [0.25, 0.3) is 6.08 Å². The smallest absolute Gasteiger partial charge is 0.336 e. The van der Waals surface area contributed by atoms with Crippen LogP contribution in [0, 0.1) is 6.92 Å². The Morgan fingerprint density at radius 3 is 2.58 bits per heavy atom. The fraction of sp³-hybridized carbons (Fsp3) is 0.0556. The van der Waals surface area contributed by atoms with Gasteiger partial charge in [-0.25, -0.2) is 9.69 Å². The van der Waals surface area contributed by atoms with E-state index < -0.39 is 17.1 Å². The number of aromatic carboxylic acids is 1. The molecule has 0 aliphatic carbocycles. The van der Waals surface area contributed by atoms with Crippen LogP contribution in [0.1, 0.15) is 21.5 Å². The van der Waals surface area contributed by atoms with E-state index in [0.29, 0.717) is 11.3 Å². The van der Waals surface area contributed by atoms with Gasteiger partial charge >= 0.3 is 5.97 Å². The molecule has 0 bridgehead atoms. The molecule has 0 atom stereocenters. The summed E-state index contributed by atoms with van der Waals surface area (Å²) in [6.45, 7) is 1.88. The van der Waals surface area contributed by atoms with E-state index in [4.69, 9.17) is 0 Å². The minimum atomic E-state index is -1.08. The van der Waals surface area contributed by atoms with Crippen molar-refractivity contribution in [2.24, 2.45) is 0 Å². The number of nitrogens with zero attached hydrogens (tertiary/aromatic N) is 1. The summed E-state index contributed by atoms with van der Waals surface area (Å²) in [5, 5.41) is 8.82. The summed E-state index contributed by atoms with van der Waals surface area (Å²) in [6, 6.07) is 13.5. The van der Waals surface area contributed by atoms with Gasteiger partial charge in [-0.15, -0.1) is 0 Å². The Labute approximate surface area is 142 Å². The van der Waals surface area contributed by atoms with Crippen molar-refractivity contribution in [3.8, 4) is 0 Å². The molecule has 0 aromatic heterocycles. The molecule has 6 heteroatoms. The van der Waals surface area contributed by atoms with Gasteiger partial charge in [0.25, 0.3) is 11.1 Å². The zero-order valence-corrected chi connectivity index (χ0v) is 13.5. The molecule has 3 rings (SSSR count). The number of benzene rings is 2. The van der Waals surface area contributed by atoms with Gasteiger partial charge in [0.05, 0.1) is 16.2 Å². The first kappa shape index (κ1) is 16.0. The standard InChI is InChI=1S/C18H13NO4S/c1-11-5-4-7-13(9-11)19-16(20)15(24-18(19)23)10-12-6-2-3-8-14(12)17(21)22/h2-10H,1H3,(H,21,22)/b15-10+. The predicted molar refractivity (Wildman–Crippen MR) is 93.0 cm³/mol. The van der Waals surface area contributed by atoms with Crippen LogP contribution in [0.2, 0.25) is 0 Å². The van der Waals surface area contributed by atoms with E-state index in [1.807, 2.05) is 13.0 Å². The largest absolute Gasteiger partial charge is 0.478 e. The van der Waals surface area contributed by atoms with Gasteiger partial charge in [-0.2, -0.15) is 0 Å². The molecule has 1 aliphatic rings. The van der Waals surface area contributed by atoms with E-state index in [-0.39, 0.29) is 10.5 Å². The number of anilines is 1. The van der Waals surface area contributed by atoms with Gasteiger partial charge < -0.3 is 5.11 Å². The van der Waals surface area contributed by atoms with Crippen molar-refractivity contribution in [1.29, 1.82) is 0 Å². The van der Waals surface area contributed by atoms with Crippen molar-refractivity contribution >= 4 is 40.6 Å². The summed E-state index contributed by atoms with van der Waals surface area (Å²) in [5.41, 5.74) is 1.92. The molecule has 120 valence electrons. The molecule has 0 saturated carbocycles. The molecule has 2 aromatic carbocycles. The molecule has 1 N–H and O–H groups in total. The first-order valence-electron chi connectivity index (χ1n) is 7.14. The number of carbonyl (C=O) groups is 3. The number of carboxylic acid groups (broad SMARTS) is 1. The topological polar surface area (TPSA) is 74.7 Å². The summed E-state index contributed by atoms with van der Waals surface area (Å²) < 4.78 is 0. The average Bonchev–Trinajstić information content (AvgIpc) is 2.81. The van der Waals surface area contributed by atoms with Crippen molar-refractivity contribution in [2.75, 3.05) is 4.90 Å². The number of hydrogen-bond donors (Lipinski definition) is 1. The quantitative estimate of drug-likeness (QED) is 0.858. The second-order valence-electron chi connectivity index (χ2n) is 5.25. The predicted octanol–water partition coefficient (Wildman–Crippen LogP) is 3.93. The maximum atomic E-state index is 12.6. The van der Waals surface area contributed by atoms with Crippen molar-refractivity contribution in [1.82, 2.24) is 0 Å². The normalized spacial score (nSPS) is 16.0. The van der Waals surface area contributed by atoms with Crippen molar-refractivity contribution in [2.45, 2.75) is 6.92 Å². The number of imide groups is 1. The Hall–Kier alpha value is -2.86. The van der Waals surface area contributed by atoms with Gasteiger partial charge in [-0.3, -0.25) is 9.59 Å². The van der Waals surface area contributed by atoms with Crippen molar-refractivity contribution < 1.29 is 19.5 Å². The van der Waals surface area contributed by atoms with Gasteiger partial charge in [-0.05, 0) is 54.1 Å². The lowest BCUT2D eigenvalue weighted by atomic mass is 10.1. The third-order valence-corrected chi connectivity index (χ3v) is 4.40. The van der Waals surface area contributed by atoms with Crippen LogP contribution >= 0.6 is 11.8 Å². The van der Waals surface area contributed by atoms with Crippen LogP contribution in [-0.4, -0.2) is 22.2 Å². The number of carboxylic acids is 1. The van der Waals surface area contributed by atoms with Gasteiger partial charge in [0.2, 0.25) is 0 Å². The Kier molecular flexibility index (Phi) is 4.22. The molecule has 5 nitrogen and oxygen atoms in total. The maximum absolute atomic E-state index is 12.6. The molecule has 0 unspecified atom stereocenters. The summed E-state index contributed by atoms with van der Waals surface area (Å²) in [6.07, 6.45) is 1.45. The van der Waals surface area contributed by atoms with Crippen LogP contribution < -0.4 is 4.90 Å². The molecule has 1 aliphatic heterocycles. The number of aryl methyl sites for hydroxylation is 1. The maximum Gasteiger partial charge on any atom is 0.336 e. The van der Waals surface area contributed by atoms with E-state index in [2.05, 4.69) is 0 Å². The number of rotatable bonds is 3. The first-order valence-corrected chi connectivity index (χ1v) is 7.96. The van der Waals surface area contributed by atoms with E-state index in [0.717, 1.165) is 22.2 Å². The molecule has 1 saturated heterocycles. The molecule has 1 heterocycles. The summed E-state index contributed by atoms with van der Waals surface area (Å²) in [5.74, 6) is -1.53. The summed E-state index contributed by atoms with van der Waals surface area (Å²) in [4.78, 5) is 37.4. The fourth-order valence-corrected chi connectivity index (χ4v) is 3.25. The highest BCUT2D eigenvalue weighted by Gasteiger charge is 2.36. The lowest BCUT2D eigenvalue weighted by molar-refractivity contribution is -0.113. The first-order chi connectivity index (χ1) is 11.5. The highest BCUT2D eigenvalue weighted by molar-refractivity contribution is 8.19. The lowest BCUT2D eigenvalue weighted by Crippen LogP contribution is -2.27. The third kappa shape index (κ3) is 2.96. The zero-order chi connectivity index (χ0) is 17.3. The van der Waals surface area contributed by atoms with Gasteiger partial charge in [0, 0.05) is 0 Å². The molecule has 2 amide bonds. The van der Waals surface area contributed by atoms with Crippen molar-refractivity contribution in [3.63, 3.8) is 0 Å².